The number of pyridine rings is 1. The highest BCUT2D eigenvalue weighted by Gasteiger charge is 2.09. The van der Waals surface area contributed by atoms with Crippen molar-refractivity contribution in [1.82, 2.24) is 4.98 Å². The van der Waals surface area contributed by atoms with E-state index in [1.54, 1.807) is 18.5 Å². The quantitative estimate of drug-likeness (QED) is 0.879. The number of carbonyl (C=O) groups is 2. The second kappa shape index (κ2) is 6.10. The van der Waals surface area contributed by atoms with Crippen LogP contribution < -0.4 is 5.32 Å². The molecule has 0 aliphatic rings. The minimum absolute atomic E-state index is 0.136. The lowest BCUT2D eigenvalue weighted by atomic mass is 10.1. The van der Waals surface area contributed by atoms with Gasteiger partial charge < -0.3 is 10.4 Å². The molecule has 0 atom stereocenters. The Labute approximate surface area is 113 Å². The Morgan fingerprint density at radius 3 is 2.79 bits per heavy atom. The molecule has 6 heteroatoms. The summed E-state index contributed by atoms with van der Waals surface area (Å²) in [4.78, 5) is 26.6. The molecule has 0 bridgehead atoms. The third kappa shape index (κ3) is 3.89. The molecule has 0 aliphatic carbocycles. The Kier molecular flexibility index (Phi) is 4.25. The maximum absolute atomic E-state index is 11.7. The fraction of sp³-hybridized carbons (Fsp3) is 0.154. The zero-order chi connectivity index (χ0) is 13.7. The molecule has 5 nitrogen and oxygen atoms in total. The second-order valence-corrected chi connectivity index (χ2v) is 4.96. The Morgan fingerprint density at radius 2 is 2.16 bits per heavy atom. The monoisotopic (exact) mass is 276 g/mol. The number of aromatic nitrogens is 1. The molecule has 2 N–H and O–H groups in total. The minimum Gasteiger partial charge on any atom is -0.477 e. The van der Waals surface area contributed by atoms with Gasteiger partial charge in [0.2, 0.25) is 5.91 Å². The highest BCUT2D eigenvalue weighted by atomic mass is 32.1. The van der Waals surface area contributed by atoms with Gasteiger partial charge in [0.15, 0.2) is 0 Å². The van der Waals surface area contributed by atoms with Crippen molar-refractivity contribution in [2.45, 2.75) is 12.8 Å². The van der Waals surface area contributed by atoms with Gasteiger partial charge in [-0.3, -0.25) is 9.78 Å². The molecule has 0 unspecified atom stereocenters. The van der Waals surface area contributed by atoms with Gasteiger partial charge in [-0.05, 0) is 30.2 Å². The van der Waals surface area contributed by atoms with Crippen molar-refractivity contribution in [3.05, 3.63) is 47.1 Å². The van der Waals surface area contributed by atoms with E-state index in [9.17, 15) is 9.59 Å². The summed E-state index contributed by atoms with van der Waals surface area (Å²) < 4.78 is 0. The molecule has 0 saturated heterocycles. The molecule has 2 rings (SSSR count). The van der Waals surface area contributed by atoms with Crippen molar-refractivity contribution in [3.63, 3.8) is 0 Å². The van der Waals surface area contributed by atoms with E-state index >= 15 is 0 Å². The number of rotatable bonds is 5. The summed E-state index contributed by atoms with van der Waals surface area (Å²) in [6.45, 7) is 0. The molecular weight excluding hydrogens is 264 g/mol. The van der Waals surface area contributed by atoms with Crippen LogP contribution in [0.4, 0.5) is 5.00 Å². The lowest BCUT2D eigenvalue weighted by molar-refractivity contribution is -0.116. The Balaban J connectivity index is 1.85. The van der Waals surface area contributed by atoms with E-state index in [4.69, 9.17) is 5.11 Å². The van der Waals surface area contributed by atoms with E-state index in [-0.39, 0.29) is 10.8 Å². The molecule has 98 valence electrons. The van der Waals surface area contributed by atoms with Gasteiger partial charge in [-0.1, -0.05) is 6.07 Å². The molecule has 2 aromatic rings. The van der Waals surface area contributed by atoms with Crippen LogP contribution in [0.15, 0.2) is 36.7 Å². The number of carboxylic acids is 1. The fourth-order valence-corrected chi connectivity index (χ4v) is 2.29. The molecule has 0 fully saturated rings. The molecule has 0 aliphatic heterocycles. The zero-order valence-corrected chi connectivity index (χ0v) is 10.8. The second-order valence-electron chi connectivity index (χ2n) is 3.88. The number of aromatic carboxylic acids is 1. The predicted octanol–water partition coefficient (Wildman–Crippen LogP) is 2.41. The molecule has 0 spiro atoms. The first-order valence-corrected chi connectivity index (χ1v) is 6.48. The number of nitrogens with one attached hydrogen (secondary N) is 1. The standard InChI is InChI=1S/C13H12N2O3S/c16-11(5-3-9-2-1-7-14-8-9)15-12-6-4-10(19-12)13(17)18/h1-2,4,6-8H,3,5H2,(H,15,16)(H,17,18). The van der Waals surface area contributed by atoms with Crippen LogP contribution in [0.1, 0.15) is 21.7 Å². The van der Waals surface area contributed by atoms with Gasteiger partial charge in [-0.2, -0.15) is 0 Å². The summed E-state index contributed by atoms with van der Waals surface area (Å²) in [6.07, 6.45) is 4.35. The van der Waals surface area contributed by atoms with Crippen molar-refractivity contribution in [2.24, 2.45) is 0 Å². The summed E-state index contributed by atoms with van der Waals surface area (Å²) in [5.74, 6) is -1.12. The third-order valence-electron chi connectivity index (χ3n) is 2.44. The summed E-state index contributed by atoms with van der Waals surface area (Å²) in [5.41, 5.74) is 0.995. The summed E-state index contributed by atoms with van der Waals surface area (Å²) in [6, 6.07) is 6.80. The fourth-order valence-electron chi connectivity index (χ4n) is 1.52. The van der Waals surface area contributed by atoms with Gasteiger partial charge >= 0.3 is 5.97 Å². The molecule has 0 aromatic carbocycles. The molecule has 0 saturated carbocycles. The highest BCUT2D eigenvalue weighted by Crippen LogP contribution is 2.21. The SMILES string of the molecule is O=C(CCc1cccnc1)Nc1ccc(C(=O)O)s1. The van der Waals surface area contributed by atoms with E-state index in [0.29, 0.717) is 17.8 Å². The molecular formula is C13H12N2O3S. The van der Waals surface area contributed by atoms with Gasteiger partial charge in [0.25, 0.3) is 0 Å². The first-order chi connectivity index (χ1) is 9.15. The van der Waals surface area contributed by atoms with E-state index in [0.717, 1.165) is 16.9 Å². The number of nitrogens with zero attached hydrogens (tertiary/aromatic N) is 1. The normalized spacial score (nSPS) is 10.1. The largest absolute Gasteiger partial charge is 0.477 e. The third-order valence-corrected chi connectivity index (χ3v) is 3.43. The number of carboxylic acid groups (broad SMARTS) is 1. The van der Waals surface area contributed by atoms with Crippen molar-refractivity contribution in [1.29, 1.82) is 0 Å². The van der Waals surface area contributed by atoms with Gasteiger partial charge in [-0.25, -0.2) is 4.79 Å². The van der Waals surface area contributed by atoms with E-state index in [2.05, 4.69) is 10.3 Å². The van der Waals surface area contributed by atoms with Gasteiger partial charge in [0.05, 0.1) is 5.00 Å². The number of amides is 1. The van der Waals surface area contributed by atoms with Crippen LogP contribution in [0.2, 0.25) is 0 Å². The number of thiophene rings is 1. The van der Waals surface area contributed by atoms with Crippen LogP contribution in [0.5, 0.6) is 0 Å². The smallest absolute Gasteiger partial charge is 0.345 e. The highest BCUT2D eigenvalue weighted by molar-refractivity contribution is 7.18. The summed E-state index contributed by atoms with van der Waals surface area (Å²) in [7, 11) is 0. The van der Waals surface area contributed by atoms with Crippen LogP contribution in [0, 0.1) is 0 Å². The summed E-state index contributed by atoms with van der Waals surface area (Å²) >= 11 is 1.05. The van der Waals surface area contributed by atoms with E-state index in [1.165, 1.54) is 6.07 Å². The van der Waals surface area contributed by atoms with Crippen LogP contribution in [0.3, 0.4) is 0 Å². The van der Waals surface area contributed by atoms with Crippen LogP contribution in [0.25, 0.3) is 0 Å². The molecule has 1 amide bonds. The van der Waals surface area contributed by atoms with Crippen LogP contribution in [-0.2, 0) is 11.2 Å². The van der Waals surface area contributed by atoms with Gasteiger partial charge in [-0.15, -0.1) is 11.3 Å². The number of hydrogen-bond acceptors (Lipinski definition) is 4. The Morgan fingerprint density at radius 1 is 1.32 bits per heavy atom. The first-order valence-electron chi connectivity index (χ1n) is 5.67. The number of anilines is 1. The minimum atomic E-state index is -0.985. The molecule has 0 radical (unpaired) electrons. The lowest BCUT2D eigenvalue weighted by Gasteiger charge is -2.02. The lowest BCUT2D eigenvalue weighted by Crippen LogP contribution is -2.11. The van der Waals surface area contributed by atoms with Crippen LogP contribution in [-0.4, -0.2) is 22.0 Å². The number of aryl methyl sites for hydroxylation is 1. The van der Waals surface area contributed by atoms with Crippen LogP contribution >= 0.6 is 11.3 Å². The zero-order valence-electron chi connectivity index (χ0n) is 10.00. The average molecular weight is 276 g/mol. The molecule has 2 heterocycles. The van der Waals surface area contributed by atoms with Crippen molar-refractivity contribution in [2.75, 3.05) is 5.32 Å². The maximum Gasteiger partial charge on any atom is 0.345 e. The molecule has 19 heavy (non-hydrogen) atoms. The van der Waals surface area contributed by atoms with Gasteiger partial charge in [0.1, 0.15) is 4.88 Å². The van der Waals surface area contributed by atoms with Crippen molar-refractivity contribution < 1.29 is 14.7 Å². The maximum atomic E-state index is 11.7. The Hall–Kier alpha value is -2.21. The topological polar surface area (TPSA) is 79.3 Å². The Bertz CT molecular complexity index is 581. The van der Waals surface area contributed by atoms with Crippen molar-refractivity contribution >= 4 is 28.2 Å². The first kappa shape index (κ1) is 13.2. The van der Waals surface area contributed by atoms with E-state index in [1.807, 2.05) is 12.1 Å². The predicted molar refractivity (Wildman–Crippen MR) is 72.5 cm³/mol. The number of hydrogen-bond donors (Lipinski definition) is 2. The molecule has 2 aromatic heterocycles. The average Bonchev–Trinajstić information content (AvgIpc) is 2.86. The van der Waals surface area contributed by atoms with Gasteiger partial charge in [0, 0.05) is 18.8 Å². The van der Waals surface area contributed by atoms with Crippen molar-refractivity contribution in [3.8, 4) is 0 Å². The number of carbonyl (C=O) groups excluding carboxylic acids is 1. The van der Waals surface area contributed by atoms with E-state index < -0.39 is 5.97 Å². The summed E-state index contributed by atoms with van der Waals surface area (Å²) in [5, 5.41) is 12.0.